The summed E-state index contributed by atoms with van der Waals surface area (Å²) >= 11 is 0. The Morgan fingerprint density at radius 3 is 2.47 bits per heavy atom. The van der Waals surface area contributed by atoms with Gasteiger partial charge in [-0.25, -0.2) is 22.9 Å². The monoisotopic (exact) mass is 241 g/mol. The molecular weight excluding hydrogens is 235 g/mol. The molecule has 1 heterocycles. The molecule has 1 aromatic carbocycles. The molecule has 0 amide bonds. The third kappa shape index (κ3) is 1.71. The van der Waals surface area contributed by atoms with Gasteiger partial charge < -0.3 is 5.11 Å². The third-order valence-corrected chi connectivity index (χ3v) is 2.37. The van der Waals surface area contributed by atoms with Crippen LogP contribution >= 0.6 is 0 Å². The Bertz CT molecular complexity index is 640. The van der Waals surface area contributed by atoms with Gasteiger partial charge in [-0.05, 0) is 24.6 Å². The number of benzene rings is 1. The molecule has 0 aliphatic carbocycles. The Morgan fingerprint density at radius 1 is 1.24 bits per heavy atom. The van der Waals surface area contributed by atoms with Gasteiger partial charge in [0, 0.05) is 5.39 Å². The van der Waals surface area contributed by atoms with Crippen molar-refractivity contribution in [2.45, 2.75) is 6.92 Å². The average molecular weight is 241 g/mol. The fraction of sp³-hybridized carbons (Fsp3) is 0.0909. The summed E-state index contributed by atoms with van der Waals surface area (Å²) in [7, 11) is 0. The fourth-order valence-electron chi connectivity index (χ4n) is 1.54. The minimum Gasteiger partial charge on any atom is -0.477 e. The topological polar surface area (TPSA) is 50.2 Å². The number of carboxylic acid groups (broad SMARTS) is 1. The quantitative estimate of drug-likeness (QED) is 0.781. The van der Waals surface area contributed by atoms with Crippen molar-refractivity contribution >= 4 is 16.9 Å². The number of carboxylic acids is 1. The van der Waals surface area contributed by atoms with Crippen LogP contribution in [0, 0.1) is 24.4 Å². The third-order valence-electron chi connectivity index (χ3n) is 2.37. The summed E-state index contributed by atoms with van der Waals surface area (Å²) in [4.78, 5) is 14.2. The van der Waals surface area contributed by atoms with E-state index in [1.165, 1.54) is 13.0 Å². The molecule has 2 rings (SSSR count). The molecule has 0 saturated carbocycles. The van der Waals surface area contributed by atoms with Gasteiger partial charge in [-0.15, -0.1) is 0 Å². The van der Waals surface area contributed by atoms with Gasteiger partial charge in [0.15, 0.2) is 17.5 Å². The number of halogens is 3. The molecule has 17 heavy (non-hydrogen) atoms. The van der Waals surface area contributed by atoms with Crippen molar-refractivity contribution in [1.29, 1.82) is 0 Å². The van der Waals surface area contributed by atoms with Crippen LogP contribution in [0.5, 0.6) is 0 Å². The zero-order valence-electron chi connectivity index (χ0n) is 8.59. The van der Waals surface area contributed by atoms with Gasteiger partial charge in [-0.3, -0.25) is 0 Å². The van der Waals surface area contributed by atoms with Crippen LogP contribution in [0.25, 0.3) is 10.9 Å². The predicted molar refractivity (Wildman–Crippen MR) is 53.3 cm³/mol. The van der Waals surface area contributed by atoms with E-state index in [4.69, 9.17) is 5.11 Å². The lowest BCUT2D eigenvalue weighted by Crippen LogP contribution is -2.04. The summed E-state index contributed by atoms with van der Waals surface area (Å²) in [6.45, 7) is 1.47. The second-order valence-corrected chi connectivity index (χ2v) is 3.51. The number of fused-ring (bicyclic) bond motifs is 1. The molecule has 0 fully saturated rings. The van der Waals surface area contributed by atoms with E-state index in [-0.39, 0.29) is 5.39 Å². The van der Waals surface area contributed by atoms with E-state index in [0.717, 1.165) is 6.07 Å². The van der Waals surface area contributed by atoms with E-state index in [0.29, 0.717) is 5.56 Å². The van der Waals surface area contributed by atoms with Crippen LogP contribution in [0.4, 0.5) is 13.2 Å². The Morgan fingerprint density at radius 2 is 1.88 bits per heavy atom. The maximum Gasteiger partial charge on any atom is 0.354 e. The predicted octanol–water partition coefficient (Wildman–Crippen LogP) is 2.66. The zero-order valence-corrected chi connectivity index (χ0v) is 8.59. The van der Waals surface area contributed by atoms with Crippen LogP contribution in [-0.4, -0.2) is 16.1 Å². The summed E-state index contributed by atoms with van der Waals surface area (Å²) in [6.07, 6.45) is 0. The molecule has 0 bridgehead atoms. The number of rotatable bonds is 1. The molecule has 1 N–H and O–H groups in total. The van der Waals surface area contributed by atoms with Crippen LogP contribution in [0.2, 0.25) is 0 Å². The first kappa shape index (κ1) is 11.4. The van der Waals surface area contributed by atoms with Crippen LogP contribution in [0.3, 0.4) is 0 Å². The molecule has 3 nitrogen and oxygen atoms in total. The molecule has 1 aromatic heterocycles. The van der Waals surface area contributed by atoms with Crippen LogP contribution in [0.15, 0.2) is 12.1 Å². The van der Waals surface area contributed by atoms with Crippen LogP contribution < -0.4 is 0 Å². The van der Waals surface area contributed by atoms with Gasteiger partial charge in [0.1, 0.15) is 11.2 Å². The first-order valence-corrected chi connectivity index (χ1v) is 4.60. The summed E-state index contributed by atoms with van der Waals surface area (Å²) in [5.74, 6) is -5.83. The Kier molecular flexibility index (Phi) is 2.49. The number of aromatic carboxylic acids is 1. The lowest BCUT2D eigenvalue weighted by Gasteiger charge is -2.06. The second-order valence-electron chi connectivity index (χ2n) is 3.51. The molecule has 0 radical (unpaired) electrons. The van der Waals surface area contributed by atoms with E-state index in [1.807, 2.05) is 0 Å². The highest BCUT2D eigenvalue weighted by Crippen LogP contribution is 2.24. The summed E-state index contributed by atoms with van der Waals surface area (Å²) in [6, 6.07) is 1.96. The number of aromatic nitrogens is 1. The Balaban J connectivity index is 2.92. The van der Waals surface area contributed by atoms with Gasteiger partial charge in [0.05, 0.1) is 0 Å². The molecule has 6 heteroatoms. The molecule has 0 saturated heterocycles. The van der Waals surface area contributed by atoms with E-state index >= 15 is 0 Å². The smallest absolute Gasteiger partial charge is 0.354 e. The highest BCUT2D eigenvalue weighted by atomic mass is 19.2. The van der Waals surface area contributed by atoms with E-state index < -0.39 is 34.6 Å². The zero-order chi connectivity index (χ0) is 12.7. The molecular formula is C11H6F3NO2. The van der Waals surface area contributed by atoms with Crippen molar-refractivity contribution in [2.75, 3.05) is 0 Å². The van der Waals surface area contributed by atoms with Crippen molar-refractivity contribution in [3.05, 3.63) is 40.8 Å². The van der Waals surface area contributed by atoms with Gasteiger partial charge in [0.25, 0.3) is 0 Å². The average Bonchev–Trinajstić information content (AvgIpc) is 2.27. The lowest BCUT2D eigenvalue weighted by molar-refractivity contribution is 0.0691. The van der Waals surface area contributed by atoms with Crippen LogP contribution in [-0.2, 0) is 0 Å². The van der Waals surface area contributed by atoms with E-state index in [9.17, 15) is 18.0 Å². The normalized spacial score (nSPS) is 10.8. The molecule has 0 unspecified atom stereocenters. The number of aryl methyl sites for hydroxylation is 1. The first-order valence-electron chi connectivity index (χ1n) is 4.60. The van der Waals surface area contributed by atoms with Crippen LogP contribution in [0.1, 0.15) is 16.1 Å². The number of nitrogens with zero attached hydrogens (tertiary/aromatic N) is 1. The highest BCUT2D eigenvalue weighted by Gasteiger charge is 2.18. The van der Waals surface area contributed by atoms with Gasteiger partial charge in [-0.2, -0.15) is 0 Å². The maximum absolute atomic E-state index is 13.4. The van der Waals surface area contributed by atoms with Crippen molar-refractivity contribution in [3.8, 4) is 0 Å². The molecule has 88 valence electrons. The van der Waals surface area contributed by atoms with Crippen molar-refractivity contribution in [2.24, 2.45) is 0 Å². The molecule has 0 aliphatic rings. The fourth-order valence-corrected chi connectivity index (χ4v) is 1.54. The van der Waals surface area contributed by atoms with E-state index in [2.05, 4.69) is 4.98 Å². The minimum absolute atomic E-state index is 0.0476. The number of carbonyl (C=O) groups is 1. The standard InChI is InChI=1S/C11H6F3NO2/c1-4-2-7(11(16)17)15-10-5(4)3-6(12)8(13)9(10)14/h2-3H,1H3,(H,16,17). The number of hydrogen-bond acceptors (Lipinski definition) is 2. The summed E-state index contributed by atoms with van der Waals surface area (Å²) in [5, 5.41) is 8.78. The van der Waals surface area contributed by atoms with Crippen molar-refractivity contribution < 1.29 is 23.1 Å². The molecule has 2 aromatic rings. The summed E-state index contributed by atoms with van der Waals surface area (Å²) in [5.41, 5.74) is -0.591. The first-order chi connectivity index (χ1) is 7.91. The number of pyridine rings is 1. The maximum atomic E-state index is 13.4. The Labute approximate surface area is 93.5 Å². The molecule has 0 atom stereocenters. The number of hydrogen-bond donors (Lipinski definition) is 1. The Hall–Kier alpha value is -2.11. The highest BCUT2D eigenvalue weighted by molar-refractivity contribution is 5.91. The SMILES string of the molecule is Cc1cc(C(=O)O)nc2c(F)c(F)c(F)cc12. The largest absolute Gasteiger partial charge is 0.477 e. The van der Waals surface area contributed by atoms with Crippen molar-refractivity contribution in [3.63, 3.8) is 0 Å². The second kappa shape index (κ2) is 3.73. The van der Waals surface area contributed by atoms with Crippen molar-refractivity contribution in [1.82, 2.24) is 4.98 Å². The lowest BCUT2D eigenvalue weighted by atomic mass is 10.1. The van der Waals surface area contributed by atoms with Gasteiger partial charge >= 0.3 is 5.97 Å². The van der Waals surface area contributed by atoms with Gasteiger partial charge in [-0.1, -0.05) is 0 Å². The molecule has 0 spiro atoms. The summed E-state index contributed by atoms with van der Waals surface area (Å²) < 4.78 is 39.4. The molecule has 0 aliphatic heterocycles. The van der Waals surface area contributed by atoms with Gasteiger partial charge in [0.2, 0.25) is 0 Å². The van der Waals surface area contributed by atoms with E-state index in [1.54, 1.807) is 0 Å². The minimum atomic E-state index is -1.66.